The van der Waals surface area contributed by atoms with Gasteiger partial charge < -0.3 is 9.94 Å². The summed E-state index contributed by atoms with van der Waals surface area (Å²) in [5.41, 5.74) is 5.22. The molecular weight excluding hydrogens is 222 g/mol. The summed E-state index contributed by atoms with van der Waals surface area (Å²) in [5, 5.41) is 11.8. The Morgan fingerprint density at radius 2 is 2.29 bits per heavy atom. The highest BCUT2D eigenvalue weighted by Crippen LogP contribution is 2.12. The molecule has 0 aliphatic heterocycles. The molecule has 0 fully saturated rings. The summed E-state index contributed by atoms with van der Waals surface area (Å²) in [6.45, 7) is 7.46. The minimum absolute atomic E-state index is 0.0163. The number of nitrogens with zero attached hydrogens (tertiary/aromatic N) is 1. The van der Waals surface area contributed by atoms with Crippen LogP contribution in [0, 0.1) is 11.1 Å². The van der Waals surface area contributed by atoms with Gasteiger partial charge in [-0.1, -0.05) is 26.5 Å². The summed E-state index contributed by atoms with van der Waals surface area (Å²) in [6, 6.07) is 0. The molecule has 6 heteroatoms. The van der Waals surface area contributed by atoms with Crippen LogP contribution >= 0.6 is 0 Å². The topological polar surface area (TPSA) is 95.0 Å². The smallest absolute Gasteiger partial charge is 0.337 e. The maximum atomic E-state index is 11.8. The van der Waals surface area contributed by atoms with Gasteiger partial charge in [-0.3, -0.25) is 15.5 Å². The summed E-state index contributed by atoms with van der Waals surface area (Å²) in [7, 11) is 0. The van der Waals surface area contributed by atoms with Crippen LogP contribution in [0.4, 0.5) is 5.82 Å². The van der Waals surface area contributed by atoms with Crippen LogP contribution in [0.3, 0.4) is 0 Å². The molecule has 0 atom stereocenters. The highest BCUT2D eigenvalue weighted by Gasteiger charge is 2.17. The highest BCUT2D eigenvalue weighted by atomic mass is 16.5. The molecular formula is C11H17N3O3. The zero-order valence-electron chi connectivity index (χ0n) is 10.0. The first kappa shape index (κ1) is 13.1. The second-order valence-corrected chi connectivity index (χ2v) is 4.11. The lowest BCUT2D eigenvalue weighted by atomic mass is 10.1. The number of ether oxygens (including phenoxy) is 1. The van der Waals surface area contributed by atoms with Gasteiger partial charge in [-0.25, -0.2) is 4.73 Å². The van der Waals surface area contributed by atoms with Crippen molar-refractivity contribution in [1.82, 2.24) is 4.98 Å². The Morgan fingerprint density at radius 3 is 2.82 bits per heavy atom. The fourth-order valence-electron chi connectivity index (χ4n) is 1.38. The Bertz CT molecular complexity index is 466. The molecule has 1 heterocycles. The van der Waals surface area contributed by atoms with E-state index in [4.69, 9.17) is 10.5 Å². The molecule has 0 saturated carbocycles. The molecule has 0 spiro atoms. The van der Waals surface area contributed by atoms with E-state index in [1.165, 1.54) is 6.08 Å². The molecule has 0 unspecified atom stereocenters. The molecule has 0 saturated heterocycles. The standard InChI is InChI=1S/C11H17N3O3/c1-4-5-17-11-9(12)14(16)8(6-7(2)3)10(15)13-11/h4,7H,1,5-6,12H2,2-3H3,(H,13,15). The van der Waals surface area contributed by atoms with Crippen molar-refractivity contribution in [1.29, 1.82) is 0 Å². The summed E-state index contributed by atoms with van der Waals surface area (Å²) in [4.78, 5) is 14.1. The van der Waals surface area contributed by atoms with E-state index in [0.717, 1.165) is 0 Å². The lowest BCUT2D eigenvalue weighted by Gasteiger charge is -2.14. The maximum absolute atomic E-state index is 11.8. The van der Waals surface area contributed by atoms with Crippen LogP contribution in [0.2, 0.25) is 0 Å². The fraction of sp³-hybridized carbons (Fsp3) is 0.455. The van der Waals surface area contributed by atoms with Crippen molar-refractivity contribution in [2.24, 2.45) is 5.92 Å². The van der Waals surface area contributed by atoms with Gasteiger partial charge in [0.1, 0.15) is 6.61 Å². The van der Waals surface area contributed by atoms with E-state index in [1.54, 1.807) is 0 Å². The van der Waals surface area contributed by atoms with Crippen molar-refractivity contribution >= 4 is 5.82 Å². The second-order valence-electron chi connectivity index (χ2n) is 4.11. The van der Waals surface area contributed by atoms with E-state index >= 15 is 0 Å². The van der Waals surface area contributed by atoms with E-state index < -0.39 is 5.56 Å². The van der Waals surface area contributed by atoms with Crippen LogP contribution < -0.4 is 20.8 Å². The third-order valence-electron chi connectivity index (χ3n) is 2.13. The molecule has 0 amide bonds. The number of H-pyrrole nitrogens is 1. The lowest BCUT2D eigenvalue weighted by Crippen LogP contribution is -2.43. The molecule has 0 aromatic carbocycles. The quantitative estimate of drug-likeness (QED) is 0.440. The number of nitrogens with one attached hydrogen (secondary N) is 1. The molecule has 6 nitrogen and oxygen atoms in total. The molecule has 1 aromatic heterocycles. The van der Waals surface area contributed by atoms with Gasteiger partial charge in [0.2, 0.25) is 0 Å². The summed E-state index contributed by atoms with van der Waals surface area (Å²) < 4.78 is 5.52. The van der Waals surface area contributed by atoms with Gasteiger partial charge >= 0.3 is 5.82 Å². The number of nitrogen functional groups attached to an aromatic ring is 1. The van der Waals surface area contributed by atoms with E-state index in [-0.39, 0.29) is 29.9 Å². The number of aromatic nitrogens is 2. The van der Waals surface area contributed by atoms with E-state index in [9.17, 15) is 10.0 Å². The summed E-state index contributed by atoms with van der Waals surface area (Å²) >= 11 is 0. The first-order chi connectivity index (χ1) is 7.97. The Balaban J connectivity index is 3.17. The monoisotopic (exact) mass is 239 g/mol. The number of nitrogens with two attached hydrogens (primary N) is 1. The van der Waals surface area contributed by atoms with Crippen molar-refractivity contribution in [3.63, 3.8) is 0 Å². The number of aromatic amines is 1. The third kappa shape index (κ3) is 2.99. The van der Waals surface area contributed by atoms with Gasteiger partial charge in [-0.05, 0) is 5.92 Å². The van der Waals surface area contributed by atoms with Gasteiger partial charge in [-0.15, -0.1) is 0 Å². The molecule has 0 bridgehead atoms. The molecule has 1 aromatic rings. The van der Waals surface area contributed by atoms with Crippen LogP contribution in [0.1, 0.15) is 19.5 Å². The third-order valence-corrected chi connectivity index (χ3v) is 2.13. The SMILES string of the molecule is C=CCOc1[nH]c(=O)c(CC(C)C)[n+]([O-])c1N. The van der Waals surface area contributed by atoms with E-state index in [2.05, 4.69) is 11.6 Å². The zero-order chi connectivity index (χ0) is 13.0. The van der Waals surface area contributed by atoms with E-state index in [0.29, 0.717) is 11.2 Å². The average Bonchev–Trinajstić information content (AvgIpc) is 2.27. The largest absolute Gasteiger partial charge is 0.710 e. The number of hydrogen-bond donors (Lipinski definition) is 2. The number of hydrogen-bond acceptors (Lipinski definition) is 4. The van der Waals surface area contributed by atoms with Crippen molar-refractivity contribution in [3.05, 3.63) is 33.9 Å². The van der Waals surface area contributed by atoms with Crippen molar-refractivity contribution < 1.29 is 9.47 Å². The Labute approximate surface area is 99.3 Å². The Hall–Kier alpha value is -1.98. The molecule has 0 aliphatic rings. The molecule has 0 radical (unpaired) electrons. The van der Waals surface area contributed by atoms with Crippen LogP contribution in [-0.2, 0) is 6.42 Å². The first-order valence-electron chi connectivity index (χ1n) is 5.35. The van der Waals surface area contributed by atoms with Gasteiger partial charge in [0.05, 0.1) is 0 Å². The average molecular weight is 239 g/mol. The van der Waals surface area contributed by atoms with E-state index in [1.807, 2.05) is 13.8 Å². The molecule has 0 aliphatic carbocycles. The normalized spacial score (nSPS) is 10.5. The minimum Gasteiger partial charge on any atom is -0.710 e. The second kappa shape index (κ2) is 5.38. The first-order valence-corrected chi connectivity index (χ1v) is 5.35. The molecule has 17 heavy (non-hydrogen) atoms. The van der Waals surface area contributed by atoms with Crippen molar-refractivity contribution in [3.8, 4) is 5.88 Å². The van der Waals surface area contributed by atoms with Gasteiger partial charge in [-0.2, -0.15) is 0 Å². The van der Waals surface area contributed by atoms with Crippen molar-refractivity contribution in [2.45, 2.75) is 20.3 Å². The van der Waals surface area contributed by atoms with Gasteiger partial charge in [0.25, 0.3) is 11.4 Å². The number of rotatable bonds is 5. The van der Waals surface area contributed by atoms with Crippen LogP contribution in [0.25, 0.3) is 0 Å². The summed E-state index contributed by atoms with van der Waals surface area (Å²) in [6.07, 6.45) is 1.86. The fourth-order valence-corrected chi connectivity index (χ4v) is 1.38. The van der Waals surface area contributed by atoms with Gasteiger partial charge in [0.15, 0.2) is 5.69 Å². The lowest BCUT2D eigenvalue weighted by molar-refractivity contribution is -0.601. The molecule has 3 N–H and O–H groups in total. The molecule has 94 valence electrons. The Morgan fingerprint density at radius 1 is 1.65 bits per heavy atom. The summed E-state index contributed by atoms with van der Waals surface area (Å²) in [5.74, 6) is 0.0372. The Kier molecular flexibility index (Phi) is 4.14. The van der Waals surface area contributed by atoms with Crippen LogP contribution in [0.15, 0.2) is 17.4 Å². The van der Waals surface area contributed by atoms with Crippen LogP contribution in [-0.4, -0.2) is 11.6 Å². The predicted octanol–water partition coefficient (Wildman–Crippen LogP) is 0.354. The maximum Gasteiger partial charge on any atom is 0.337 e. The number of anilines is 1. The van der Waals surface area contributed by atoms with Crippen molar-refractivity contribution in [2.75, 3.05) is 12.3 Å². The zero-order valence-corrected chi connectivity index (χ0v) is 10.0. The molecule has 1 rings (SSSR count). The van der Waals surface area contributed by atoms with Crippen LogP contribution in [0.5, 0.6) is 5.88 Å². The van der Waals surface area contributed by atoms with Gasteiger partial charge in [0, 0.05) is 6.42 Å². The predicted molar refractivity (Wildman–Crippen MR) is 64.7 cm³/mol. The minimum atomic E-state index is -0.470. The highest BCUT2D eigenvalue weighted by molar-refractivity contribution is 5.35.